The minimum atomic E-state index is -4.80. The van der Waals surface area contributed by atoms with E-state index in [4.69, 9.17) is 10.3 Å². The highest BCUT2D eigenvalue weighted by Crippen LogP contribution is 2.43. The van der Waals surface area contributed by atoms with Crippen molar-refractivity contribution in [1.82, 2.24) is 5.16 Å². The van der Waals surface area contributed by atoms with Gasteiger partial charge in [-0.25, -0.2) is 4.39 Å². The molecule has 0 aliphatic carbocycles. The summed E-state index contributed by atoms with van der Waals surface area (Å²) < 4.78 is 59.8. The van der Waals surface area contributed by atoms with E-state index in [9.17, 15) is 27.5 Å². The molecule has 0 spiro atoms. The van der Waals surface area contributed by atoms with E-state index in [1.165, 1.54) is 13.8 Å². The van der Waals surface area contributed by atoms with E-state index in [-0.39, 0.29) is 28.0 Å². The first-order valence-electron chi connectivity index (χ1n) is 7.98. The molecule has 0 saturated heterocycles. The lowest BCUT2D eigenvalue weighted by Crippen LogP contribution is -2.16. The van der Waals surface area contributed by atoms with Crippen molar-refractivity contribution in [2.75, 3.05) is 0 Å². The average molecular weight is 394 g/mol. The van der Waals surface area contributed by atoms with Crippen molar-refractivity contribution in [3.63, 3.8) is 0 Å². The number of aromatic hydroxyl groups is 1. The lowest BCUT2D eigenvalue weighted by atomic mass is 9.87. The molecular formula is C19H14F4N2O3. The summed E-state index contributed by atoms with van der Waals surface area (Å²) in [5.74, 6) is -2.27. The normalized spacial score (nSPS) is 11.6. The molecule has 0 radical (unpaired) electrons. The van der Waals surface area contributed by atoms with Crippen LogP contribution in [0.3, 0.4) is 0 Å². The van der Waals surface area contributed by atoms with Crippen LogP contribution in [0.15, 0.2) is 34.9 Å². The Morgan fingerprint density at radius 1 is 1.11 bits per heavy atom. The van der Waals surface area contributed by atoms with Crippen LogP contribution in [0.4, 0.5) is 17.6 Å². The van der Waals surface area contributed by atoms with Crippen molar-refractivity contribution in [2.45, 2.75) is 20.0 Å². The zero-order chi connectivity index (χ0) is 20.8. The zero-order valence-corrected chi connectivity index (χ0v) is 14.7. The van der Waals surface area contributed by atoms with Gasteiger partial charge in [0.25, 0.3) is 0 Å². The maximum Gasteiger partial charge on any atom is 0.416 e. The number of carbonyl (C=O) groups is 1. The van der Waals surface area contributed by atoms with Gasteiger partial charge in [-0.05, 0) is 43.7 Å². The molecule has 0 atom stereocenters. The van der Waals surface area contributed by atoms with Crippen LogP contribution in [-0.2, 0) is 6.18 Å². The van der Waals surface area contributed by atoms with Crippen LogP contribution in [0, 0.1) is 19.7 Å². The summed E-state index contributed by atoms with van der Waals surface area (Å²) in [4.78, 5) is 12.0. The number of halogens is 4. The fourth-order valence-electron chi connectivity index (χ4n) is 3.04. The van der Waals surface area contributed by atoms with Gasteiger partial charge in [-0.15, -0.1) is 0 Å². The quantitative estimate of drug-likeness (QED) is 0.636. The number of rotatable bonds is 3. The van der Waals surface area contributed by atoms with Gasteiger partial charge in [-0.3, -0.25) is 4.79 Å². The van der Waals surface area contributed by atoms with E-state index in [0.717, 1.165) is 24.3 Å². The molecule has 0 unspecified atom stereocenters. The van der Waals surface area contributed by atoms with Crippen molar-refractivity contribution < 1.29 is 32.0 Å². The van der Waals surface area contributed by atoms with Crippen LogP contribution in [0.25, 0.3) is 22.3 Å². The van der Waals surface area contributed by atoms with E-state index >= 15 is 0 Å². The standard InChI is InChI=1S/C19H14F4N2O3/c1-8-16(9(2)28-25-8)17-13(12-4-3-11(26)7-15(12)20)5-10(19(21,22)23)6-14(17)18(24)27/h3-7,26H,1-2H3,(H2,24,27). The molecule has 5 nitrogen and oxygen atoms in total. The Morgan fingerprint density at radius 3 is 2.29 bits per heavy atom. The Bertz CT molecular complexity index is 1070. The van der Waals surface area contributed by atoms with Crippen molar-refractivity contribution in [3.8, 4) is 28.0 Å². The van der Waals surface area contributed by atoms with Crippen molar-refractivity contribution in [3.05, 3.63) is 58.7 Å². The summed E-state index contributed by atoms with van der Waals surface area (Å²) >= 11 is 0. The molecule has 1 amide bonds. The zero-order valence-electron chi connectivity index (χ0n) is 14.7. The average Bonchev–Trinajstić information content (AvgIpc) is 2.91. The Morgan fingerprint density at radius 2 is 1.79 bits per heavy atom. The molecule has 0 bridgehead atoms. The SMILES string of the molecule is Cc1noc(C)c1-c1c(C(N)=O)cc(C(F)(F)F)cc1-c1ccc(O)cc1F. The van der Waals surface area contributed by atoms with Gasteiger partial charge in [0.1, 0.15) is 17.3 Å². The van der Waals surface area contributed by atoms with Gasteiger partial charge < -0.3 is 15.4 Å². The fourth-order valence-corrected chi connectivity index (χ4v) is 3.04. The second-order valence-corrected chi connectivity index (χ2v) is 6.17. The molecule has 0 fully saturated rings. The van der Waals surface area contributed by atoms with Crippen molar-refractivity contribution in [1.29, 1.82) is 0 Å². The Kier molecular flexibility index (Phi) is 4.62. The number of hydrogen-bond acceptors (Lipinski definition) is 4. The molecule has 28 heavy (non-hydrogen) atoms. The summed E-state index contributed by atoms with van der Waals surface area (Å²) in [7, 11) is 0. The van der Waals surface area contributed by atoms with Gasteiger partial charge in [0.15, 0.2) is 0 Å². The number of nitrogens with zero attached hydrogens (tertiary/aromatic N) is 1. The summed E-state index contributed by atoms with van der Waals surface area (Å²) in [6.07, 6.45) is -4.80. The third-order valence-corrected chi connectivity index (χ3v) is 4.26. The molecule has 0 saturated carbocycles. The Labute approximate surface area is 156 Å². The number of phenolic OH excluding ortho intramolecular Hbond substituents is 1. The number of aromatic nitrogens is 1. The van der Waals surface area contributed by atoms with Gasteiger partial charge in [0, 0.05) is 28.3 Å². The van der Waals surface area contributed by atoms with E-state index in [1.54, 1.807) is 0 Å². The minimum absolute atomic E-state index is 0.0265. The van der Waals surface area contributed by atoms with Gasteiger partial charge in [-0.2, -0.15) is 13.2 Å². The molecular weight excluding hydrogens is 380 g/mol. The monoisotopic (exact) mass is 394 g/mol. The lowest BCUT2D eigenvalue weighted by Gasteiger charge is -2.18. The molecule has 2 aromatic carbocycles. The first-order chi connectivity index (χ1) is 13.0. The largest absolute Gasteiger partial charge is 0.508 e. The molecule has 0 aliphatic heterocycles. The predicted octanol–water partition coefficient (Wildman–Crippen LogP) is 4.59. The number of carbonyl (C=O) groups excluding carboxylic acids is 1. The molecule has 3 N–H and O–H groups in total. The number of alkyl halides is 3. The first-order valence-corrected chi connectivity index (χ1v) is 7.98. The van der Waals surface area contributed by atoms with Gasteiger partial charge in [0.2, 0.25) is 5.91 Å². The molecule has 1 heterocycles. The maximum absolute atomic E-state index is 14.5. The van der Waals surface area contributed by atoms with E-state index in [2.05, 4.69) is 5.16 Å². The van der Waals surface area contributed by atoms with E-state index < -0.39 is 34.8 Å². The van der Waals surface area contributed by atoms with Gasteiger partial charge in [-0.1, -0.05) is 5.16 Å². The molecule has 3 rings (SSSR count). The van der Waals surface area contributed by atoms with Crippen molar-refractivity contribution in [2.24, 2.45) is 5.73 Å². The first kappa shape index (κ1) is 19.4. The predicted molar refractivity (Wildman–Crippen MR) is 92.0 cm³/mol. The fraction of sp³-hybridized carbons (Fsp3) is 0.158. The van der Waals surface area contributed by atoms with Gasteiger partial charge in [0.05, 0.1) is 11.3 Å². The number of benzene rings is 2. The van der Waals surface area contributed by atoms with Crippen LogP contribution in [-0.4, -0.2) is 16.2 Å². The highest BCUT2D eigenvalue weighted by atomic mass is 19.4. The third kappa shape index (κ3) is 3.30. The van der Waals surface area contributed by atoms with Crippen LogP contribution < -0.4 is 5.73 Å². The van der Waals surface area contributed by atoms with Gasteiger partial charge >= 0.3 is 6.18 Å². The van der Waals surface area contributed by atoms with E-state index in [0.29, 0.717) is 11.8 Å². The topological polar surface area (TPSA) is 89.4 Å². The third-order valence-electron chi connectivity index (χ3n) is 4.26. The van der Waals surface area contributed by atoms with Crippen LogP contribution in [0.2, 0.25) is 0 Å². The Hall–Kier alpha value is -3.36. The second kappa shape index (κ2) is 6.66. The molecule has 9 heteroatoms. The summed E-state index contributed by atoms with van der Waals surface area (Å²) in [5, 5.41) is 13.2. The molecule has 0 aliphatic rings. The van der Waals surface area contributed by atoms with E-state index in [1.807, 2.05) is 0 Å². The second-order valence-electron chi connectivity index (χ2n) is 6.17. The minimum Gasteiger partial charge on any atom is -0.508 e. The molecule has 146 valence electrons. The number of nitrogens with two attached hydrogens (primary N) is 1. The Balaban J connectivity index is 2.50. The summed E-state index contributed by atoms with van der Waals surface area (Å²) in [5.41, 5.74) is 3.76. The van der Waals surface area contributed by atoms with Crippen LogP contribution in [0.1, 0.15) is 27.4 Å². The van der Waals surface area contributed by atoms with Crippen LogP contribution >= 0.6 is 0 Å². The number of phenols is 1. The van der Waals surface area contributed by atoms with Crippen molar-refractivity contribution >= 4 is 5.91 Å². The number of hydrogen-bond donors (Lipinski definition) is 2. The smallest absolute Gasteiger partial charge is 0.416 e. The summed E-state index contributed by atoms with van der Waals surface area (Å²) in [6.45, 7) is 3.04. The molecule has 3 aromatic rings. The van der Waals surface area contributed by atoms with Crippen LogP contribution in [0.5, 0.6) is 5.75 Å². The lowest BCUT2D eigenvalue weighted by molar-refractivity contribution is -0.137. The number of primary amides is 1. The summed E-state index contributed by atoms with van der Waals surface area (Å²) in [6, 6.07) is 4.34. The molecule has 1 aromatic heterocycles. The number of aryl methyl sites for hydroxylation is 2. The number of amides is 1. The highest BCUT2D eigenvalue weighted by molar-refractivity contribution is 6.05. The maximum atomic E-state index is 14.5. The highest BCUT2D eigenvalue weighted by Gasteiger charge is 2.34.